The standard InChI is InChI=1S/C24H23N5O4/c30-21-16-11-15(26-22(31)24(28-23(32)33)9-5-2-6-10-24)12-18-19(16)17(13-25-29-21)20(27-18)14-7-3-1-4-8-14/h1,3-4,7-8,11-13,27-28H,2,5-6,9-10H2,(H,26,31)(H,29,30)(H,32,33). The number of aromatic amines is 1. The molecule has 1 saturated carbocycles. The molecule has 0 unspecified atom stereocenters. The second-order valence-corrected chi connectivity index (χ2v) is 8.45. The summed E-state index contributed by atoms with van der Waals surface area (Å²) in [7, 11) is 0. The van der Waals surface area contributed by atoms with Gasteiger partial charge in [0.15, 0.2) is 0 Å². The van der Waals surface area contributed by atoms with Crippen LogP contribution in [-0.4, -0.2) is 39.8 Å². The molecule has 3 aromatic rings. The van der Waals surface area contributed by atoms with Crippen molar-refractivity contribution in [3.63, 3.8) is 0 Å². The number of hydrogen-bond donors (Lipinski definition) is 5. The molecule has 33 heavy (non-hydrogen) atoms. The Morgan fingerprint density at radius 1 is 1.06 bits per heavy atom. The number of hydrazone groups is 1. The number of carbonyl (C=O) groups is 3. The average molecular weight is 445 g/mol. The molecule has 0 bridgehead atoms. The Labute approximate surface area is 189 Å². The van der Waals surface area contributed by atoms with Gasteiger partial charge in [-0.05, 0) is 30.5 Å². The topological polar surface area (TPSA) is 136 Å². The number of carboxylic acid groups (broad SMARTS) is 1. The lowest BCUT2D eigenvalue weighted by molar-refractivity contribution is -0.123. The summed E-state index contributed by atoms with van der Waals surface area (Å²) in [5, 5.41) is 19.4. The highest BCUT2D eigenvalue weighted by Crippen LogP contribution is 2.35. The van der Waals surface area contributed by atoms with E-state index in [0.29, 0.717) is 35.0 Å². The maximum Gasteiger partial charge on any atom is 0.405 e. The van der Waals surface area contributed by atoms with Crippen LogP contribution >= 0.6 is 0 Å². The van der Waals surface area contributed by atoms with E-state index in [-0.39, 0.29) is 5.91 Å². The average Bonchev–Trinajstić information content (AvgIpc) is 3.08. The monoisotopic (exact) mass is 445 g/mol. The molecule has 5 N–H and O–H groups in total. The van der Waals surface area contributed by atoms with Crippen molar-refractivity contribution in [1.29, 1.82) is 0 Å². The highest BCUT2D eigenvalue weighted by Gasteiger charge is 2.41. The van der Waals surface area contributed by atoms with Crippen LogP contribution in [0.4, 0.5) is 10.5 Å². The molecule has 0 spiro atoms. The number of nitrogens with zero attached hydrogens (tertiary/aromatic N) is 1. The molecule has 5 rings (SSSR count). The van der Waals surface area contributed by atoms with Gasteiger partial charge in [-0.3, -0.25) is 9.59 Å². The predicted octanol–water partition coefficient (Wildman–Crippen LogP) is 3.82. The third-order valence-electron chi connectivity index (χ3n) is 6.35. The van der Waals surface area contributed by atoms with Crippen LogP contribution in [0.2, 0.25) is 0 Å². The molecule has 1 aliphatic heterocycles. The van der Waals surface area contributed by atoms with Gasteiger partial charge in [0.25, 0.3) is 5.91 Å². The zero-order valence-corrected chi connectivity index (χ0v) is 17.8. The summed E-state index contributed by atoms with van der Waals surface area (Å²) in [5.41, 5.74) is 5.30. The van der Waals surface area contributed by atoms with Crippen molar-refractivity contribution in [2.45, 2.75) is 37.6 Å². The zero-order valence-electron chi connectivity index (χ0n) is 17.8. The summed E-state index contributed by atoms with van der Waals surface area (Å²) < 4.78 is 0. The molecular formula is C24H23N5O4. The van der Waals surface area contributed by atoms with Crippen LogP contribution in [-0.2, 0) is 4.79 Å². The summed E-state index contributed by atoms with van der Waals surface area (Å²) in [5.74, 6) is -0.808. The van der Waals surface area contributed by atoms with Gasteiger partial charge in [-0.15, -0.1) is 0 Å². The van der Waals surface area contributed by atoms with Crippen LogP contribution in [0, 0.1) is 0 Å². The Kier molecular flexibility index (Phi) is 5.08. The van der Waals surface area contributed by atoms with Gasteiger partial charge in [-0.2, -0.15) is 5.10 Å². The van der Waals surface area contributed by atoms with Crippen molar-refractivity contribution < 1.29 is 19.5 Å². The first-order valence-electron chi connectivity index (χ1n) is 10.9. The lowest BCUT2D eigenvalue weighted by atomic mass is 9.81. The Balaban J connectivity index is 1.58. The first-order chi connectivity index (χ1) is 16.0. The number of aromatic nitrogens is 1. The largest absolute Gasteiger partial charge is 0.465 e. The van der Waals surface area contributed by atoms with Crippen molar-refractivity contribution in [2.75, 3.05) is 5.32 Å². The van der Waals surface area contributed by atoms with E-state index >= 15 is 0 Å². The highest BCUT2D eigenvalue weighted by atomic mass is 16.4. The van der Waals surface area contributed by atoms with Crippen molar-refractivity contribution in [3.8, 4) is 11.3 Å². The van der Waals surface area contributed by atoms with Gasteiger partial charge in [-0.1, -0.05) is 49.6 Å². The summed E-state index contributed by atoms with van der Waals surface area (Å²) in [4.78, 5) is 40.8. The van der Waals surface area contributed by atoms with Gasteiger partial charge in [0.1, 0.15) is 5.54 Å². The Morgan fingerprint density at radius 3 is 2.55 bits per heavy atom. The minimum absolute atomic E-state index is 0.373. The fraction of sp³-hybridized carbons (Fsp3) is 0.250. The van der Waals surface area contributed by atoms with Crippen LogP contribution in [0.1, 0.15) is 48.0 Å². The summed E-state index contributed by atoms with van der Waals surface area (Å²) in [6.45, 7) is 0. The van der Waals surface area contributed by atoms with Gasteiger partial charge >= 0.3 is 6.09 Å². The van der Waals surface area contributed by atoms with Gasteiger partial charge in [0.2, 0.25) is 5.91 Å². The van der Waals surface area contributed by atoms with E-state index in [4.69, 9.17) is 0 Å². The highest BCUT2D eigenvalue weighted by molar-refractivity contribution is 6.18. The number of rotatable bonds is 4. The predicted molar refractivity (Wildman–Crippen MR) is 124 cm³/mol. The summed E-state index contributed by atoms with van der Waals surface area (Å²) >= 11 is 0. The minimum atomic E-state index is -1.23. The molecule has 9 nitrogen and oxygen atoms in total. The molecule has 168 valence electrons. The maximum atomic E-state index is 13.2. The molecule has 2 heterocycles. The third kappa shape index (κ3) is 3.71. The van der Waals surface area contributed by atoms with Crippen molar-refractivity contribution in [1.82, 2.24) is 15.7 Å². The minimum Gasteiger partial charge on any atom is -0.465 e. The fourth-order valence-corrected chi connectivity index (χ4v) is 4.81. The SMILES string of the molecule is O=C(O)NC1(C(=O)Nc2cc3c4c(c(-c5ccccc5)[nH]c4c2)C=NNC3=O)CCCCC1. The van der Waals surface area contributed by atoms with Crippen LogP contribution in [0.3, 0.4) is 0 Å². The van der Waals surface area contributed by atoms with Crippen LogP contribution < -0.4 is 16.1 Å². The lowest BCUT2D eigenvalue weighted by Gasteiger charge is -2.35. The number of benzene rings is 2. The van der Waals surface area contributed by atoms with E-state index in [0.717, 1.165) is 36.1 Å². The summed E-state index contributed by atoms with van der Waals surface area (Å²) in [6.07, 6.45) is 3.73. The van der Waals surface area contributed by atoms with E-state index in [1.807, 2.05) is 30.3 Å². The Bertz CT molecular complexity index is 1290. The number of H-pyrrole nitrogens is 1. The van der Waals surface area contributed by atoms with Gasteiger partial charge in [0, 0.05) is 22.2 Å². The lowest BCUT2D eigenvalue weighted by Crippen LogP contribution is -2.57. The summed E-state index contributed by atoms with van der Waals surface area (Å²) in [6, 6.07) is 13.1. The van der Waals surface area contributed by atoms with E-state index in [1.165, 1.54) is 0 Å². The molecule has 1 aliphatic carbocycles. The molecule has 3 amide bonds. The molecule has 9 heteroatoms. The van der Waals surface area contributed by atoms with Crippen LogP contribution in [0.15, 0.2) is 47.6 Å². The second-order valence-electron chi connectivity index (χ2n) is 8.45. The third-order valence-corrected chi connectivity index (χ3v) is 6.35. The molecule has 1 aromatic heterocycles. The normalized spacial score (nSPS) is 16.7. The first-order valence-corrected chi connectivity index (χ1v) is 10.9. The number of nitrogens with one attached hydrogen (secondary N) is 4. The molecule has 2 aromatic carbocycles. The molecule has 2 aliphatic rings. The first kappa shape index (κ1) is 20.7. The fourth-order valence-electron chi connectivity index (χ4n) is 4.81. The van der Waals surface area contributed by atoms with E-state index in [1.54, 1.807) is 18.3 Å². The number of hydrogen-bond acceptors (Lipinski definition) is 4. The molecular weight excluding hydrogens is 422 g/mol. The van der Waals surface area contributed by atoms with E-state index < -0.39 is 17.5 Å². The molecule has 0 atom stereocenters. The number of anilines is 1. The van der Waals surface area contributed by atoms with Gasteiger partial charge in [-0.25, -0.2) is 10.2 Å². The van der Waals surface area contributed by atoms with Crippen molar-refractivity contribution >= 4 is 40.7 Å². The number of amides is 3. The van der Waals surface area contributed by atoms with Crippen LogP contribution in [0.5, 0.6) is 0 Å². The number of carbonyl (C=O) groups excluding carboxylic acids is 2. The van der Waals surface area contributed by atoms with E-state index in [2.05, 4.69) is 26.1 Å². The van der Waals surface area contributed by atoms with Crippen LogP contribution in [0.25, 0.3) is 22.2 Å². The molecule has 1 fully saturated rings. The molecule has 0 radical (unpaired) electrons. The molecule has 0 saturated heterocycles. The van der Waals surface area contributed by atoms with Gasteiger partial charge in [0.05, 0.1) is 17.5 Å². The Hall–Kier alpha value is -4.14. The maximum absolute atomic E-state index is 13.2. The van der Waals surface area contributed by atoms with E-state index in [9.17, 15) is 19.5 Å². The smallest absolute Gasteiger partial charge is 0.405 e. The zero-order chi connectivity index (χ0) is 23.0. The second kappa shape index (κ2) is 8.09. The van der Waals surface area contributed by atoms with Gasteiger partial charge < -0.3 is 20.7 Å². The Morgan fingerprint density at radius 2 is 1.82 bits per heavy atom. The van der Waals surface area contributed by atoms with Crippen molar-refractivity contribution in [3.05, 3.63) is 53.6 Å². The van der Waals surface area contributed by atoms with Crippen molar-refractivity contribution in [2.24, 2.45) is 5.10 Å². The quantitative estimate of drug-likeness (QED) is 0.417.